The average Bonchev–Trinajstić information content (AvgIpc) is 2.27. The van der Waals surface area contributed by atoms with Gasteiger partial charge in [0.2, 0.25) is 0 Å². The maximum absolute atomic E-state index is 11.7. The Kier molecular flexibility index (Phi) is 3.34. The molecule has 1 fully saturated rings. The van der Waals surface area contributed by atoms with E-state index < -0.39 is 8.07 Å². The number of ether oxygens (including phenoxy) is 1. The van der Waals surface area contributed by atoms with E-state index in [0.717, 1.165) is 12.5 Å². The van der Waals surface area contributed by atoms with Crippen LogP contribution in [0.2, 0.25) is 25.7 Å². The molecular weight excluding hydrogens is 204 g/mol. The molecule has 0 unspecified atom stereocenters. The summed E-state index contributed by atoms with van der Waals surface area (Å²) in [5, 5.41) is 0. The van der Waals surface area contributed by atoms with Gasteiger partial charge in [0.25, 0.3) is 0 Å². The Balaban J connectivity index is 2.62. The zero-order valence-electron chi connectivity index (χ0n) is 10.9. The molecule has 0 spiro atoms. The Bertz CT molecular complexity index is 247. The van der Waals surface area contributed by atoms with Crippen LogP contribution in [0.25, 0.3) is 0 Å². The second-order valence-electron chi connectivity index (χ2n) is 6.99. The topological polar surface area (TPSA) is 26.3 Å². The highest BCUT2D eigenvalue weighted by molar-refractivity contribution is 6.76. The Morgan fingerprint density at radius 3 is 2.20 bits per heavy atom. The van der Waals surface area contributed by atoms with Gasteiger partial charge in [-0.25, -0.2) is 0 Å². The summed E-state index contributed by atoms with van der Waals surface area (Å²) >= 11 is 0. The quantitative estimate of drug-likeness (QED) is 0.535. The Morgan fingerprint density at radius 1 is 1.33 bits per heavy atom. The molecule has 1 saturated heterocycles. The third-order valence-electron chi connectivity index (χ3n) is 2.92. The maximum atomic E-state index is 11.7. The van der Waals surface area contributed by atoms with Crippen LogP contribution >= 0.6 is 0 Å². The lowest BCUT2D eigenvalue weighted by atomic mass is 9.86. The van der Waals surface area contributed by atoms with E-state index in [9.17, 15) is 4.79 Å². The molecule has 15 heavy (non-hydrogen) atoms. The Labute approximate surface area is 94.4 Å². The summed E-state index contributed by atoms with van der Waals surface area (Å²) in [7, 11) is -1.15. The van der Waals surface area contributed by atoms with E-state index in [2.05, 4.69) is 40.4 Å². The van der Waals surface area contributed by atoms with Gasteiger partial charge < -0.3 is 4.74 Å². The fourth-order valence-electron chi connectivity index (χ4n) is 2.08. The smallest absolute Gasteiger partial charge is 0.309 e. The highest BCUT2D eigenvalue weighted by atomic mass is 28.3. The second-order valence-corrected chi connectivity index (χ2v) is 12.5. The summed E-state index contributed by atoms with van der Waals surface area (Å²) < 4.78 is 5.47. The van der Waals surface area contributed by atoms with Crippen LogP contribution in [0.5, 0.6) is 0 Å². The second kappa shape index (κ2) is 3.93. The SMILES string of the molecule is CC(C)(C)[C@H]1C[C@@H](C[Si](C)(C)C)C(=O)O1. The lowest BCUT2D eigenvalue weighted by Gasteiger charge is -2.25. The summed E-state index contributed by atoms with van der Waals surface area (Å²) in [6, 6.07) is 1.07. The van der Waals surface area contributed by atoms with Crippen molar-refractivity contribution in [1.82, 2.24) is 0 Å². The molecule has 3 heteroatoms. The van der Waals surface area contributed by atoms with Crippen molar-refractivity contribution in [3.63, 3.8) is 0 Å². The van der Waals surface area contributed by atoms with E-state index >= 15 is 0 Å². The van der Waals surface area contributed by atoms with Crippen molar-refractivity contribution in [1.29, 1.82) is 0 Å². The van der Waals surface area contributed by atoms with Gasteiger partial charge in [-0.05, 0) is 17.9 Å². The van der Waals surface area contributed by atoms with Gasteiger partial charge in [0.1, 0.15) is 6.10 Å². The maximum Gasteiger partial charge on any atom is 0.309 e. The van der Waals surface area contributed by atoms with Gasteiger partial charge >= 0.3 is 5.97 Å². The zero-order valence-corrected chi connectivity index (χ0v) is 11.9. The lowest BCUT2D eigenvalue weighted by Crippen LogP contribution is -2.26. The first kappa shape index (κ1) is 12.8. The van der Waals surface area contributed by atoms with Gasteiger partial charge in [0.05, 0.1) is 5.92 Å². The first-order valence-corrected chi connectivity index (χ1v) is 9.51. The van der Waals surface area contributed by atoms with Crippen molar-refractivity contribution in [3.8, 4) is 0 Å². The summed E-state index contributed by atoms with van der Waals surface area (Å²) in [5.41, 5.74) is 0.0872. The fraction of sp³-hybridized carbons (Fsp3) is 0.917. The minimum atomic E-state index is -1.15. The molecule has 0 N–H and O–H groups in total. The molecule has 0 amide bonds. The van der Waals surface area contributed by atoms with Crippen LogP contribution in [0.4, 0.5) is 0 Å². The van der Waals surface area contributed by atoms with Gasteiger partial charge in [0.15, 0.2) is 0 Å². The number of rotatable bonds is 2. The van der Waals surface area contributed by atoms with Gasteiger partial charge in [-0.15, -0.1) is 0 Å². The molecular formula is C12H24O2Si. The van der Waals surface area contributed by atoms with Gasteiger partial charge in [-0.2, -0.15) is 0 Å². The molecule has 0 aromatic heterocycles. The van der Waals surface area contributed by atoms with Crippen LogP contribution in [0, 0.1) is 11.3 Å². The van der Waals surface area contributed by atoms with Crippen LogP contribution in [0.1, 0.15) is 27.2 Å². The van der Waals surface area contributed by atoms with Crippen molar-refractivity contribution < 1.29 is 9.53 Å². The van der Waals surface area contributed by atoms with E-state index in [-0.39, 0.29) is 23.4 Å². The molecule has 0 aliphatic carbocycles. The molecule has 88 valence electrons. The number of hydrogen-bond donors (Lipinski definition) is 0. The number of cyclic esters (lactones) is 1. The van der Waals surface area contributed by atoms with Crippen molar-refractivity contribution in [3.05, 3.63) is 0 Å². The van der Waals surface area contributed by atoms with E-state index in [1.54, 1.807) is 0 Å². The number of carbonyl (C=O) groups is 1. The van der Waals surface area contributed by atoms with Crippen LogP contribution in [0.15, 0.2) is 0 Å². The van der Waals surface area contributed by atoms with E-state index in [1.165, 1.54) is 0 Å². The van der Waals surface area contributed by atoms with Crippen molar-refractivity contribution >= 4 is 14.0 Å². The van der Waals surface area contributed by atoms with Crippen molar-refractivity contribution in [2.75, 3.05) is 0 Å². The Morgan fingerprint density at radius 2 is 1.87 bits per heavy atom. The molecule has 1 aliphatic heterocycles. The summed E-state index contributed by atoms with van der Waals surface area (Å²) in [6.45, 7) is 13.4. The number of carbonyl (C=O) groups excluding carboxylic acids is 1. The number of hydrogen-bond acceptors (Lipinski definition) is 2. The van der Waals surface area contributed by atoms with Gasteiger partial charge in [-0.3, -0.25) is 4.79 Å². The van der Waals surface area contributed by atoms with E-state index in [0.29, 0.717) is 0 Å². The molecule has 2 nitrogen and oxygen atoms in total. The van der Waals surface area contributed by atoms with Crippen molar-refractivity contribution in [2.24, 2.45) is 11.3 Å². The lowest BCUT2D eigenvalue weighted by molar-refractivity contribution is -0.147. The minimum Gasteiger partial charge on any atom is -0.462 e. The van der Waals surface area contributed by atoms with Gasteiger partial charge in [0, 0.05) is 8.07 Å². The van der Waals surface area contributed by atoms with Crippen LogP contribution in [-0.2, 0) is 9.53 Å². The average molecular weight is 228 g/mol. The molecule has 0 radical (unpaired) electrons. The molecule has 1 heterocycles. The predicted molar refractivity (Wildman–Crippen MR) is 65.6 cm³/mol. The van der Waals surface area contributed by atoms with E-state index in [4.69, 9.17) is 4.74 Å². The minimum absolute atomic E-state index is 0.0392. The van der Waals surface area contributed by atoms with Crippen LogP contribution in [0.3, 0.4) is 0 Å². The monoisotopic (exact) mass is 228 g/mol. The van der Waals surface area contributed by atoms with Crippen molar-refractivity contribution in [2.45, 2.75) is 59.0 Å². The highest BCUT2D eigenvalue weighted by Crippen LogP contribution is 2.37. The molecule has 0 aromatic carbocycles. The van der Waals surface area contributed by atoms with Gasteiger partial charge in [-0.1, -0.05) is 40.4 Å². The molecule has 0 aromatic rings. The molecule has 1 rings (SSSR count). The summed E-state index contributed by atoms with van der Waals surface area (Å²) in [4.78, 5) is 11.7. The van der Waals surface area contributed by atoms with Crippen LogP contribution < -0.4 is 0 Å². The zero-order chi connectivity index (χ0) is 11.9. The third-order valence-corrected chi connectivity index (χ3v) is 4.63. The normalized spacial score (nSPS) is 28.0. The largest absolute Gasteiger partial charge is 0.462 e. The molecule has 1 aliphatic rings. The summed E-state index contributed by atoms with van der Waals surface area (Å²) in [5.74, 6) is 0.207. The van der Waals surface area contributed by atoms with E-state index in [1.807, 2.05) is 0 Å². The Hall–Kier alpha value is -0.313. The highest BCUT2D eigenvalue weighted by Gasteiger charge is 2.42. The first-order valence-electron chi connectivity index (χ1n) is 5.80. The predicted octanol–water partition coefficient (Wildman–Crippen LogP) is 3.30. The standard InChI is InChI=1S/C12H24O2Si/c1-12(2,3)10-7-9(11(13)14-10)8-15(4,5)6/h9-10H,7-8H2,1-6H3/t9-,10+/m0/s1. The fourth-order valence-corrected chi connectivity index (χ4v) is 3.89. The third kappa shape index (κ3) is 3.63. The number of esters is 1. The van der Waals surface area contributed by atoms with Crippen LogP contribution in [-0.4, -0.2) is 20.1 Å². The first-order chi connectivity index (χ1) is 6.59. The summed E-state index contributed by atoms with van der Waals surface area (Å²) in [6.07, 6.45) is 1.04. The molecule has 0 bridgehead atoms. The molecule has 0 saturated carbocycles. The molecule has 2 atom stereocenters.